The van der Waals surface area contributed by atoms with Crippen molar-refractivity contribution >= 4 is 38.9 Å². The van der Waals surface area contributed by atoms with Crippen molar-refractivity contribution in [1.29, 1.82) is 0 Å². The molecule has 1 aromatic carbocycles. The first kappa shape index (κ1) is 18.7. The average molecular weight is 390 g/mol. The van der Waals surface area contributed by atoms with Crippen molar-refractivity contribution in [1.82, 2.24) is 4.72 Å². The van der Waals surface area contributed by atoms with Gasteiger partial charge >= 0.3 is 5.97 Å². The molecule has 2 aromatic rings. The Morgan fingerprint density at radius 1 is 1.17 bits per heavy atom. The van der Waals surface area contributed by atoms with Gasteiger partial charge in [-0.15, -0.1) is 11.3 Å². The zero-order valence-corrected chi connectivity index (χ0v) is 15.0. The Bertz CT molecular complexity index is 745. The van der Waals surface area contributed by atoms with E-state index in [0.29, 0.717) is 10.8 Å². The fourth-order valence-electron chi connectivity index (χ4n) is 1.69. The van der Waals surface area contributed by atoms with Crippen LogP contribution in [0.4, 0.5) is 0 Å². The van der Waals surface area contributed by atoms with E-state index in [2.05, 4.69) is 4.72 Å². The van der Waals surface area contributed by atoms with Crippen LogP contribution < -0.4 is 9.46 Å². The standard InChI is InChI=1S/C15H16ClNO5S2/c16-12-3-5-13(6-4-12)21-9-10-22-14(18)7-8-17-24(19,20)15-2-1-11-23-15/h1-6,11,17H,7-10H2. The number of carbonyl (C=O) groups is 1. The van der Waals surface area contributed by atoms with Crippen LogP contribution in [0.5, 0.6) is 5.75 Å². The minimum absolute atomic E-state index is 0.0168. The lowest BCUT2D eigenvalue weighted by Gasteiger charge is -2.08. The van der Waals surface area contributed by atoms with Crippen molar-refractivity contribution in [2.75, 3.05) is 19.8 Å². The Kier molecular flexibility index (Phi) is 7.04. The van der Waals surface area contributed by atoms with Crippen molar-refractivity contribution in [3.63, 3.8) is 0 Å². The van der Waals surface area contributed by atoms with Gasteiger partial charge in [0.15, 0.2) is 0 Å². The molecule has 0 bridgehead atoms. The molecule has 0 saturated heterocycles. The Balaban J connectivity index is 1.61. The second-order valence-electron chi connectivity index (χ2n) is 4.60. The summed E-state index contributed by atoms with van der Waals surface area (Å²) in [6.07, 6.45) is -0.0500. The molecule has 0 saturated carbocycles. The van der Waals surface area contributed by atoms with Crippen molar-refractivity contribution in [3.05, 3.63) is 46.8 Å². The monoisotopic (exact) mass is 389 g/mol. The van der Waals surface area contributed by atoms with Crippen LogP contribution in [0.1, 0.15) is 6.42 Å². The number of carbonyl (C=O) groups excluding carboxylic acids is 1. The van der Waals surface area contributed by atoms with Crippen molar-refractivity contribution in [2.45, 2.75) is 10.6 Å². The molecule has 0 fully saturated rings. The van der Waals surface area contributed by atoms with Crippen LogP contribution in [0.15, 0.2) is 46.0 Å². The molecule has 0 atom stereocenters. The molecular formula is C15H16ClNO5S2. The molecular weight excluding hydrogens is 374 g/mol. The number of sulfonamides is 1. The first-order chi connectivity index (χ1) is 11.5. The number of nitrogens with one attached hydrogen (secondary N) is 1. The van der Waals surface area contributed by atoms with E-state index in [1.54, 1.807) is 35.7 Å². The highest BCUT2D eigenvalue weighted by atomic mass is 35.5. The fraction of sp³-hybridized carbons (Fsp3) is 0.267. The molecule has 130 valence electrons. The van der Waals surface area contributed by atoms with Gasteiger partial charge in [-0.1, -0.05) is 17.7 Å². The fourth-order valence-corrected chi connectivity index (χ4v) is 3.89. The second kappa shape index (κ2) is 9.03. The van der Waals surface area contributed by atoms with Gasteiger partial charge in [-0.25, -0.2) is 13.1 Å². The van der Waals surface area contributed by atoms with Gasteiger partial charge in [0.05, 0.1) is 6.42 Å². The largest absolute Gasteiger partial charge is 0.490 e. The van der Waals surface area contributed by atoms with Crippen LogP contribution in [0.3, 0.4) is 0 Å². The quantitative estimate of drug-likeness (QED) is 0.526. The first-order valence-electron chi connectivity index (χ1n) is 7.04. The molecule has 0 aliphatic heterocycles. The third kappa shape index (κ3) is 6.12. The van der Waals surface area contributed by atoms with Gasteiger partial charge in [-0.3, -0.25) is 4.79 Å². The first-order valence-corrected chi connectivity index (χ1v) is 9.78. The van der Waals surface area contributed by atoms with Crippen LogP contribution in [-0.4, -0.2) is 34.1 Å². The van der Waals surface area contributed by atoms with E-state index in [4.69, 9.17) is 21.1 Å². The average Bonchev–Trinajstić information content (AvgIpc) is 3.08. The van der Waals surface area contributed by atoms with Crippen molar-refractivity contribution < 1.29 is 22.7 Å². The zero-order valence-electron chi connectivity index (χ0n) is 12.6. The highest BCUT2D eigenvalue weighted by Crippen LogP contribution is 2.16. The van der Waals surface area contributed by atoms with E-state index >= 15 is 0 Å². The number of hydrogen-bond donors (Lipinski definition) is 1. The van der Waals surface area contributed by atoms with Crippen LogP contribution in [0.25, 0.3) is 0 Å². The van der Waals surface area contributed by atoms with Gasteiger partial charge in [0.2, 0.25) is 10.0 Å². The number of rotatable bonds is 9. The van der Waals surface area contributed by atoms with Crippen molar-refractivity contribution in [3.8, 4) is 5.75 Å². The van der Waals surface area contributed by atoms with Gasteiger partial charge < -0.3 is 9.47 Å². The summed E-state index contributed by atoms with van der Waals surface area (Å²) in [5.41, 5.74) is 0. The van der Waals surface area contributed by atoms with E-state index in [0.717, 1.165) is 11.3 Å². The molecule has 0 radical (unpaired) electrons. The molecule has 6 nitrogen and oxygen atoms in total. The maximum Gasteiger partial charge on any atom is 0.307 e. The number of halogens is 1. The molecule has 0 aliphatic rings. The summed E-state index contributed by atoms with van der Waals surface area (Å²) in [6, 6.07) is 9.96. The Hall–Kier alpha value is -1.61. The molecule has 24 heavy (non-hydrogen) atoms. The maximum absolute atomic E-state index is 11.8. The van der Waals surface area contributed by atoms with E-state index in [9.17, 15) is 13.2 Å². The summed E-state index contributed by atoms with van der Waals surface area (Å²) in [7, 11) is -3.55. The van der Waals surface area contributed by atoms with E-state index in [-0.39, 0.29) is 30.4 Å². The predicted octanol–water partition coefficient (Wildman–Crippen LogP) is 2.69. The van der Waals surface area contributed by atoms with Gasteiger partial charge in [-0.05, 0) is 35.7 Å². The number of esters is 1. The smallest absolute Gasteiger partial charge is 0.307 e. The number of hydrogen-bond acceptors (Lipinski definition) is 6. The third-order valence-electron chi connectivity index (χ3n) is 2.81. The maximum atomic E-state index is 11.8. The summed E-state index contributed by atoms with van der Waals surface area (Å²) in [6.45, 7) is 0.268. The molecule has 1 aromatic heterocycles. The number of ether oxygens (including phenoxy) is 2. The molecule has 0 unspecified atom stereocenters. The lowest BCUT2D eigenvalue weighted by atomic mass is 10.3. The lowest BCUT2D eigenvalue weighted by molar-refractivity contribution is -0.144. The molecule has 9 heteroatoms. The normalized spacial score (nSPS) is 11.2. The van der Waals surface area contributed by atoms with Gasteiger partial charge in [0.1, 0.15) is 23.2 Å². The Morgan fingerprint density at radius 2 is 1.92 bits per heavy atom. The number of benzene rings is 1. The third-order valence-corrected chi connectivity index (χ3v) is 5.92. The Morgan fingerprint density at radius 3 is 2.58 bits per heavy atom. The molecule has 1 N–H and O–H groups in total. The summed E-state index contributed by atoms with van der Waals surface area (Å²) in [4.78, 5) is 11.5. The minimum Gasteiger partial charge on any atom is -0.490 e. The minimum atomic E-state index is -3.55. The zero-order chi connectivity index (χ0) is 17.4. The Labute approximate surface area is 149 Å². The molecule has 0 aliphatic carbocycles. The van der Waals surface area contributed by atoms with Gasteiger partial charge in [0, 0.05) is 11.6 Å². The van der Waals surface area contributed by atoms with Crippen LogP contribution in [-0.2, 0) is 19.6 Å². The lowest BCUT2D eigenvalue weighted by Crippen LogP contribution is -2.26. The van der Waals surface area contributed by atoms with Gasteiger partial charge in [-0.2, -0.15) is 0 Å². The summed E-state index contributed by atoms with van der Waals surface area (Å²) in [5, 5.41) is 2.28. The van der Waals surface area contributed by atoms with Crippen molar-refractivity contribution in [2.24, 2.45) is 0 Å². The molecule has 1 heterocycles. The topological polar surface area (TPSA) is 81.7 Å². The molecule has 2 rings (SSSR count). The van der Waals surface area contributed by atoms with E-state index in [1.165, 1.54) is 6.07 Å². The van der Waals surface area contributed by atoms with Crippen LogP contribution in [0, 0.1) is 0 Å². The molecule has 0 spiro atoms. The highest BCUT2D eigenvalue weighted by molar-refractivity contribution is 7.91. The number of thiophene rings is 1. The van der Waals surface area contributed by atoms with Gasteiger partial charge in [0.25, 0.3) is 0 Å². The van der Waals surface area contributed by atoms with E-state index in [1.807, 2.05) is 0 Å². The second-order valence-corrected chi connectivity index (χ2v) is 7.98. The summed E-state index contributed by atoms with van der Waals surface area (Å²) in [5.74, 6) is 0.128. The predicted molar refractivity (Wildman–Crippen MR) is 92.0 cm³/mol. The summed E-state index contributed by atoms with van der Waals surface area (Å²) < 4.78 is 36.6. The van der Waals surface area contributed by atoms with Crippen LogP contribution >= 0.6 is 22.9 Å². The SMILES string of the molecule is O=C(CCNS(=O)(=O)c1cccs1)OCCOc1ccc(Cl)cc1. The molecule has 0 amide bonds. The van der Waals surface area contributed by atoms with E-state index < -0.39 is 16.0 Å². The highest BCUT2D eigenvalue weighted by Gasteiger charge is 2.15. The van der Waals surface area contributed by atoms with Crippen LogP contribution in [0.2, 0.25) is 5.02 Å². The summed E-state index contributed by atoms with van der Waals surface area (Å²) >= 11 is 6.87.